The molecule has 0 saturated heterocycles. The highest BCUT2D eigenvalue weighted by atomic mass is 16.5. The summed E-state index contributed by atoms with van der Waals surface area (Å²) >= 11 is 0. The summed E-state index contributed by atoms with van der Waals surface area (Å²) in [5.74, 6) is -0.646. The van der Waals surface area contributed by atoms with Crippen LogP contribution in [0.4, 0.5) is 5.69 Å². The first-order chi connectivity index (χ1) is 9.22. The number of ether oxygens (including phenoxy) is 1. The first-order valence-corrected chi connectivity index (χ1v) is 6.52. The quantitative estimate of drug-likeness (QED) is 0.803. The minimum atomic E-state index is -0.418. The van der Waals surface area contributed by atoms with Gasteiger partial charge in [-0.3, -0.25) is 9.59 Å². The smallest absolute Gasteiger partial charge is 0.325 e. The highest BCUT2D eigenvalue weighted by molar-refractivity contribution is 5.98. The van der Waals surface area contributed by atoms with E-state index in [1.54, 1.807) is 13.0 Å². The van der Waals surface area contributed by atoms with Crippen molar-refractivity contribution in [1.29, 1.82) is 0 Å². The van der Waals surface area contributed by atoms with Crippen molar-refractivity contribution in [2.45, 2.75) is 19.8 Å². The Morgan fingerprint density at radius 3 is 3.05 bits per heavy atom. The summed E-state index contributed by atoms with van der Waals surface area (Å²) in [6.07, 6.45) is 1.89. The summed E-state index contributed by atoms with van der Waals surface area (Å²) in [6, 6.07) is 5.60. The minimum Gasteiger partial charge on any atom is -0.465 e. The second kappa shape index (κ2) is 6.22. The molecule has 1 aliphatic rings. The van der Waals surface area contributed by atoms with Gasteiger partial charge in [0.25, 0.3) is 5.91 Å². The van der Waals surface area contributed by atoms with Gasteiger partial charge in [-0.25, -0.2) is 0 Å². The highest BCUT2D eigenvalue weighted by Crippen LogP contribution is 2.25. The molecule has 2 rings (SSSR count). The van der Waals surface area contributed by atoms with E-state index in [9.17, 15) is 9.59 Å². The van der Waals surface area contributed by atoms with Crippen molar-refractivity contribution >= 4 is 17.6 Å². The average Bonchev–Trinajstić information content (AvgIpc) is 2.44. The van der Waals surface area contributed by atoms with Crippen molar-refractivity contribution in [2.24, 2.45) is 0 Å². The van der Waals surface area contributed by atoms with E-state index in [2.05, 4.69) is 10.6 Å². The summed E-state index contributed by atoms with van der Waals surface area (Å²) in [5, 5.41) is 5.86. The van der Waals surface area contributed by atoms with Crippen LogP contribution < -0.4 is 10.6 Å². The van der Waals surface area contributed by atoms with Gasteiger partial charge in [0.15, 0.2) is 0 Å². The topological polar surface area (TPSA) is 67.4 Å². The SMILES string of the molecule is CCOC(=O)CNC(=O)c1cccc2c1CCCN2. The number of rotatable bonds is 4. The highest BCUT2D eigenvalue weighted by Gasteiger charge is 2.17. The third kappa shape index (κ3) is 3.24. The second-order valence-electron chi connectivity index (χ2n) is 4.35. The van der Waals surface area contributed by atoms with Crippen molar-refractivity contribution in [1.82, 2.24) is 5.32 Å². The van der Waals surface area contributed by atoms with E-state index in [0.29, 0.717) is 12.2 Å². The fourth-order valence-electron chi connectivity index (χ4n) is 2.18. The van der Waals surface area contributed by atoms with E-state index in [0.717, 1.165) is 30.6 Å². The molecule has 0 saturated carbocycles. The van der Waals surface area contributed by atoms with Crippen LogP contribution in [0.25, 0.3) is 0 Å². The van der Waals surface area contributed by atoms with Gasteiger partial charge in [-0.2, -0.15) is 0 Å². The van der Waals surface area contributed by atoms with E-state index in [4.69, 9.17) is 4.74 Å². The van der Waals surface area contributed by atoms with Crippen molar-refractivity contribution in [3.05, 3.63) is 29.3 Å². The lowest BCUT2D eigenvalue weighted by Crippen LogP contribution is -2.31. The van der Waals surface area contributed by atoms with Gasteiger partial charge in [-0.05, 0) is 37.5 Å². The number of nitrogens with one attached hydrogen (secondary N) is 2. The molecule has 0 aliphatic carbocycles. The van der Waals surface area contributed by atoms with Crippen molar-refractivity contribution in [3.8, 4) is 0 Å². The zero-order chi connectivity index (χ0) is 13.7. The second-order valence-corrected chi connectivity index (χ2v) is 4.35. The number of fused-ring (bicyclic) bond motifs is 1. The van der Waals surface area contributed by atoms with Gasteiger partial charge in [0.05, 0.1) is 6.61 Å². The maximum absolute atomic E-state index is 12.1. The summed E-state index contributed by atoms with van der Waals surface area (Å²) in [5.41, 5.74) is 2.67. The zero-order valence-electron chi connectivity index (χ0n) is 11.0. The Morgan fingerprint density at radius 1 is 1.42 bits per heavy atom. The molecule has 0 spiro atoms. The minimum absolute atomic E-state index is 0.0935. The molecule has 1 aliphatic heterocycles. The van der Waals surface area contributed by atoms with Gasteiger partial charge in [-0.1, -0.05) is 6.07 Å². The first kappa shape index (κ1) is 13.4. The van der Waals surface area contributed by atoms with Crippen LogP contribution in [0.2, 0.25) is 0 Å². The van der Waals surface area contributed by atoms with Crippen LogP contribution in [0, 0.1) is 0 Å². The number of benzene rings is 1. The fourth-order valence-corrected chi connectivity index (χ4v) is 2.18. The van der Waals surface area contributed by atoms with Crippen LogP contribution in [-0.4, -0.2) is 31.6 Å². The number of anilines is 1. The van der Waals surface area contributed by atoms with Crippen molar-refractivity contribution < 1.29 is 14.3 Å². The number of hydrogen-bond acceptors (Lipinski definition) is 4. The molecule has 1 aromatic rings. The van der Waals surface area contributed by atoms with Crippen molar-refractivity contribution in [3.63, 3.8) is 0 Å². The summed E-state index contributed by atoms with van der Waals surface area (Å²) in [7, 11) is 0. The standard InChI is InChI=1S/C14H18N2O3/c1-2-19-13(17)9-16-14(18)11-5-3-7-12-10(11)6-4-8-15-12/h3,5,7,15H,2,4,6,8-9H2,1H3,(H,16,18). The lowest BCUT2D eigenvalue weighted by Gasteiger charge is -2.20. The Kier molecular flexibility index (Phi) is 4.39. The lowest BCUT2D eigenvalue weighted by atomic mass is 9.97. The van der Waals surface area contributed by atoms with Gasteiger partial charge in [0, 0.05) is 17.8 Å². The molecule has 102 valence electrons. The van der Waals surface area contributed by atoms with Gasteiger partial charge >= 0.3 is 5.97 Å². The number of carbonyl (C=O) groups excluding carboxylic acids is 2. The van der Waals surface area contributed by atoms with Gasteiger partial charge < -0.3 is 15.4 Å². The van der Waals surface area contributed by atoms with Crippen LogP contribution in [0.1, 0.15) is 29.3 Å². The number of carbonyl (C=O) groups is 2. The molecule has 0 aromatic heterocycles. The first-order valence-electron chi connectivity index (χ1n) is 6.52. The van der Waals surface area contributed by atoms with Crippen molar-refractivity contribution in [2.75, 3.05) is 25.0 Å². The number of esters is 1. The summed E-state index contributed by atoms with van der Waals surface area (Å²) < 4.78 is 4.77. The third-order valence-electron chi connectivity index (χ3n) is 3.04. The summed E-state index contributed by atoms with van der Waals surface area (Å²) in [6.45, 7) is 2.89. The van der Waals surface area contributed by atoms with Gasteiger partial charge in [0.1, 0.15) is 6.54 Å². The normalized spacial score (nSPS) is 13.1. The maximum atomic E-state index is 12.1. The van der Waals surface area contributed by atoms with E-state index in [1.165, 1.54) is 0 Å². The predicted molar refractivity (Wildman–Crippen MR) is 72.2 cm³/mol. The van der Waals surface area contributed by atoms with Crippen LogP contribution in [0.5, 0.6) is 0 Å². The Hall–Kier alpha value is -2.04. The van der Waals surface area contributed by atoms with Crippen LogP contribution in [0.3, 0.4) is 0 Å². The monoisotopic (exact) mass is 262 g/mol. The molecule has 0 fully saturated rings. The molecule has 5 nitrogen and oxygen atoms in total. The lowest BCUT2D eigenvalue weighted by molar-refractivity contribution is -0.141. The summed E-state index contributed by atoms with van der Waals surface area (Å²) in [4.78, 5) is 23.3. The molecule has 0 atom stereocenters. The molecule has 5 heteroatoms. The Morgan fingerprint density at radius 2 is 2.26 bits per heavy atom. The predicted octanol–water partition coefficient (Wildman–Crippen LogP) is 1.34. The van der Waals surface area contributed by atoms with E-state index >= 15 is 0 Å². The molecule has 1 amide bonds. The molecule has 0 unspecified atom stereocenters. The van der Waals surface area contributed by atoms with Gasteiger partial charge in [0.2, 0.25) is 0 Å². The maximum Gasteiger partial charge on any atom is 0.325 e. The molecule has 0 radical (unpaired) electrons. The molecule has 1 heterocycles. The number of amides is 1. The van der Waals surface area contributed by atoms with E-state index < -0.39 is 5.97 Å². The van der Waals surface area contributed by atoms with Crippen LogP contribution >= 0.6 is 0 Å². The fraction of sp³-hybridized carbons (Fsp3) is 0.429. The van der Waals surface area contributed by atoms with E-state index in [1.807, 2.05) is 12.1 Å². The Labute approximate surface area is 112 Å². The number of hydrogen-bond donors (Lipinski definition) is 2. The molecule has 0 bridgehead atoms. The Balaban J connectivity index is 2.05. The molecule has 1 aromatic carbocycles. The zero-order valence-corrected chi connectivity index (χ0v) is 11.0. The van der Waals surface area contributed by atoms with Crippen LogP contribution in [-0.2, 0) is 16.0 Å². The van der Waals surface area contributed by atoms with Crippen LogP contribution in [0.15, 0.2) is 18.2 Å². The average molecular weight is 262 g/mol. The molecular formula is C14H18N2O3. The molecule has 19 heavy (non-hydrogen) atoms. The third-order valence-corrected chi connectivity index (χ3v) is 3.04. The molecule has 2 N–H and O–H groups in total. The van der Waals surface area contributed by atoms with E-state index in [-0.39, 0.29) is 12.5 Å². The molecular weight excluding hydrogens is 244 g/mol. The Bertz CT molecular complexity index is 486. The van der Waals surface area contributed by atoms with Gasteiger partial charge in [-0.15, -0.1) is 0 Å². The largest absolute Gasteiger partial charge is 0.465 e.